The predicted octanol–water partition coefficient (Wildman–Crippen LogP) is -0.631. The van der Waals surface area contributed by atoms with Crippen molar-refractivity contribution in [1.82, 2.24) is 5.32 Å². The number of rotatable bonds is 1. The van der Waals surface area contributed by atoms with Crippen LogP contribution < -0.4 is 5.32 Å². The van der Waals surface area contributed by atoms with Gasteiger partial charge in [-0.15, -0.1) is 0 Å². The molecule has 1 heterocycles. The van der Waals surface area contributed by atoms with Crippen LogP contribution in [-0.2, 0) is 9.53 Å². The van der Waals surface area contributed by atoms with Gasteiger partial charge in [0.2, 0.25) is 5.91 Å². The highest BCUT2D eigenvalue weighted by Gasteiger charge is 2.43. The zero-order valence-electron chi connectivity index (χ0n) is 8.65. The van der Waals surface area contributed by atoms with Crippen LogP contribution in [0, 0.1) is 0 Å². The third-order valence-electron chi connectivity index (χ3n) is 2.46. The van der Waals surface area contributed by atoms with Crippen LogP contribution in [0.15, 0.2) is 0 Å². The van der Waals surface area contributed by atoms with E-state index in [1.165, 1.54) is 6.92 Å². The molecule has 0 spiro atoms. The Morgan fingerprint density at radius 2 is 2.21 bits per heavy atom. The second kappa shape index (κ2) is 3.84. The first-order chi connectivity index (χ1) is 6.33. The molecule has 0 aliphatic carbocycles. The lowest BCUT2D eigenvalue weighted by atomic mass is 9.86. The summed E-state index contributed by atoms with van der Waals surface area (Å²) in [5.74, 6) is -0.220. The van der Waals surface area contributed by atoms with E-state index in [1.54, 1.807) is 13.8 Å². The molecule has 0 radical (unpaired) electrons. The van der Waals surface area contributed by atoms with Gasteiger partial charge in [-0.25, -0.2) is 0 Å². The molecule has 1 fully saturated rings. The zero-order chi connectivity index (χ0) is 10.9. The lowest BCUT2D eigenvalue weighted by Crippen LogP contribution is -2.62. The van der Waals surface area contributed by atoms with Crippen LogP contribution in [-0.4, -0.2) is 40.2 Å². The first-order valence-electron chi connectivity index (χ1n) is 4.66. The fraction of sp³-hybridized carbons (Fsp3) is 0.889. The van der Waals surface area contributed by atoms with E-state index in [9.17, 15) is 15.0 Å². The Labute approximate surface area is 83.1 Å². The van der Waals surface area contributed by atoms with Crippen molar-refractivity contribution in [3.8, 4) is 0 Å². The second-order valence-corrected chi connectivity index (χ2v) is 4.04. The van der Waals surface area contributed by atoms with Crippen LogP contribution in [0.3, 0.4) is 0 Å². The Bertz CT molecular complexity index is 229. The van der Waals surface area contributed by atoms with E-state index in [4.69, 9.17) is 4.74 Å². The van der Waals surface area contributed by atoms with Crippen molar-refractivity contribution in [2.24, 2.45) is 0 Å². The van der Waals surface area contributed by atoms with Crippen molar-refractivity contribution in [2.75, 3.05) is 0 Å². The van der Waals surface area contributed by atoms with E-state index in [-0.39, 0.29) is 12.3 Å². The smallest absolute Gasteiger partial charge is 0.217 e. The number of hydrogen-bond donors (Lipinski definition) is 3. The number of aliphatic hydroxyl groups excluding tert-OH is 1. The second-order valence-electron chi connectivity index (χ2n) is 4.04. The van der Waals surface area contributed by atoms with E-state index in [1.807, 2.05) is 0 Å². The predicted molar refractivity (Wildman–Crippen MR) is 49.4 cm³/mol. The van der Waals surface area contributed by atoms with Gasteiger partial charge in [-0.3, -0.25) is 4.79 Å². The van der Waals surface area contributed by atoms with Crippen molar-refractivity contribution < 1.29 is 19.7 Å². The molecular formula is C9H17NO4. The Balaban J connectivity index is 2.74. The van der Waals surface area contributed by atoms with Crippen LogP contribution in [0.25, 0.3) is 0 Å². The molecule has 1 amide bonds. The van der Waals surface area contributed by atoms with Crippen molar-refractivity contribution in [3.05, 3.63) is 0 Å². The fourth-order valence-corrected chi connectivity index (χ4v) is 1.85. The van der Waals surface area contributed by atoms with E-state index < -0.39 is 24.0 Å². The van der Waals surface area contributed by atoms with Gasteiger partial charge in [0.1, 0.15) is 0 Å². The summed E-state index contributed by atoms with van der Waals surface area (Å²) in [5, 5.41) is 21.9. The summed E-state index contributed by atoms with van der Waals surface area (Å²) < 4.78 is 5.12. The van der Waals surface area contributed by atoms with Gasteiger partial charge in [0.25, 0.3) is 0 Å². The maximum atomic E-state index is 10.9. The molecule has 0 aromatic carbocycles. The molecule has 0 saturated carbocycles. The largest absolute Gasteiger partial charge is 0.388 e. The Morgan fingerprint density at radius 3 is 2.64 bits per heavy atom. The number of hydrogen-bond acceptors (Lipinski definition) is 4. The molecule has 1 aliphatic rings. The lowest BCUT2D eigenvalue weighted by molar-refractivity contribution is -0.223. The minimum Gasteiger partial charge on any atom is -0.388 e. The fourth-order valence-electron chi connectivity index (χ4n) is 1.85. The minimum absolute atomic E-state index is 0.0995. The van der Waals surface area contributed by atoms with Gasteiger partial charge in [-0.1, -0.05) is 0 Å². The van der Waals surface area contributed by atoms with E-state index in [0.717, 1.165) is 0 Å². The molecule has 0 aromatic heterocycles. The third kappa shape index (κ3) is 2.43. The Kier molecular flexibility index (Phi) is 3.14. The average molecular weight is 203 g/mol. The molecule has 82 valence electrons. The van der Waals surface area contributed by atoms with Gasteiger partial charge < -0.3 is 20.3 Å². The Hall–Kier alpha value is -0.650. The molecule has 3 N–H and O–H groups in total. The van der Waals surface area contributed by atoms with E-state index in [2.05, 4.69) is 5.32 Å². The van der Waals surface area contributed by atoms with Gasteiger partial charge in [-0.05, 0) is 13.8 Å². The van der Waals surface area contributed by atoms with Gasteiger partial charge in [-0.2, -0.15) is 0 Å². The number of aliphatic hydroxyl groups is 2. The standard InChI is InChI=1S/C9H17NO4/c1-5-8(10-6(2)11)9(3,13)4-7(12)14-5/h5,7-8,12-13H,4H2,1-3H3,(H,10,11)/t5-,7-,8+,9+/m0/s1. The average Bonchev–Trinajstić information content (AvgIpc) is 1.95. The van der Waals surface area contributed by atoms with Crippen LogP contribution in [0.5, 0.6) is 0 Å². The van der Waals surface area contributed by atoms with Crippen LogP contribution in [0.4, 0.5) is 0 Å². The minimum atomic E-state index is -1.14. The SMILES string of the molecule is CC(=O)N[C@@H]1[C@H](C)O[C@H](O)C[C@@]1(C)O. The van der Waals surface area contributed by atoms with Crippen LogP contribution in [0.1, 0.15) is 27.2 Å². The third-order valence-corrected chi connectivity index (χ3v) is 2.46. The number of carbonyl (C=O) groups is 1. The quantitative estimate of drug-likeness (QED) is 0.530. The molecule has 0 aromatic rings. The molecule has 0 bridgehead atoms. The highest BCUT2D eigenvalue weighted by atomic mass is 16.6. The molecule has 1 rings (SSSR count). The molecule has 5 heteroatoms. The maximum absolute atomic E-state index is 10.9. The summed E-state index contributed by atoms with van der Waals surface area (Å²) >= 11 is 0. The number of nitrogens with one attached hydrogen (secondary N) is 1. The lowest BCUT2D eigenvalue weighted by Gasteiger charge is -2.43. The maximum Gasteiger partial charge on any atom is 0.217 e. The molecule has 4 atom stereocenters. The van der Waals surface area contributed by atoms with Gasteiger partial charge in [0.15, 0.2) is 6.29 Å². The van der Waals surface area contributed by atoms with Gasteiger partial charge in [0.05, 0.1) is 17.7 Å². The van der Waals surface area contributed by atoms with Crippen LogP contribution >= 0.6 is 0 Å². The van der Waals surface area contributed by atoms with E-state index >= 15 is 0 Å². The van der Waals surface area contributed by atoms with Crippen molar-refractivity contribution in [3.63, 3.8) is 0 Å². The summed E-state index contributed by atoms with van der Waals surface area (Å²) in [6.45, 7) is 4.67. The summed E-state index contributed by atoms with van der Waals surface area (Å²) in [4.78, 5) is 10.9. The molecule has 1 aliphatic heterocycles. The summed E-state index contributed by atoms with van der Waals surface area (Å²) in [7, 11) is 0. The first-order valence-corrected chi connectivity index (χ1v) is 4.66. The number of amides is 1. The molecular weight excluding hydrogens is 186 g/mol. The number of ether oxygens (including phenoxy) is 1. The highest BCUT2D eigenvalue weighted by Crippen LogP contribution is 2.27. The summed E-state index contributed by atoms with van der Waals surface area (Å²) in [5.41, 5.74) is -1.14. The van der Waals surface area contributed by atoms with Crippen LogP contribution in [0.2, 0.25) is 0 Å². The number of carbonyl (C=O) groups excluding carboxylic acids is 1. The molecule has 5 nitrogen and oxygen atoms in total. The van der Waals surface area contributed by atoms with Gasteiger partial charge >= 0.3 is 0 Å². The molecule has 14 heavy (non-hydrogen) atoms. The highest BCUT2D eigenvalue weighted by molar-refractivity contribution is 5.73. The topological polar surface area (TPSA) is 78.8 Å². The first kappa shape index (κ1) is 11.4. The summed E-state index contributed by atoms with van der Waals surface area (Å²) in [6, 6.07) is -0.483. The molecule has 1 saturated heterocycles. The van der Waals surface area contributed by atoms with E-state index in [0.29, 0.717) is 0 Å². The monoisotopic (exact) mass is 203 g/mol. The Morgan fingerprint density at radius 1 is 1.64 bits per heavy atom. The van der Waals surface area contributed by atoms with Crippen molar-refractivity contribution in [2.45, 2.75) is 51.2 Å². The summed E-state index contributed by atoms with van der Waals surface area (Å²) in [6.07, 6.45) is -1.27. The molecule has 0 unspecified atom stereocenters. The van der Waals surface area contributed by atoms with Crippen molar-refractivity contribution in [1.29, 1.82) is 0 Å². The normalized spacial score (nSPS) is 43.4. The zero-order valence-corrected chi connectivity index (χ0v) is 8.65. The van der Waals surface area contributed by atoms with Crippen molar-refractivity contribution >= 4 is 5.91 Å². The van der Waals surface area contributed by atoms with Gasteiger partial charge in [0, 0.05) is 13.3 Å².